The molecule has 4 rings (SSSR count). The van der Waals surface area contributed by atoms with Crippen LogP contribution in [0.3, 0.4) is 0 Å². The summed E-state index contributed by atoms with van der Waals surface area (Å²) in [4.78, 5) is 4.84. The molecule has 0 amide bonds. The fourth-order valence-corrected chi connectivity index (χ4v) is 4.19. The average molecular weight is 418 g/mol. The molecule has 0 aliphatic heterocycles. The van der Waals surface area contributed by atoms with Gasteiger partial charge in [0, 0.05) is 30.8 Å². The predicted octanol–water partition coefficient (Wildman–Crippen LogP) is 6.96. The van der Waals surface area contributed by atoms with Gasteiger partial charge in [-0.2, -0.15) is 0 Å². The molecule has 31 heavy (non-hydrogen) atoms. The van der Waals surface area contributed by atoms with Crippen molar-refractivity contribution in [2.45, 2.75) is 61.3 Å². The molecule has 3 nitrogen and oxygen atoms in total. The van der Waals surface area contributed by atoms with Crippen LogP contribution in [0.5, 0.6) is 0 Å². The predicted molar refractivity (Wildman–Crippen MR) is 129 cm³/mol. The van der Waals surface area contributed by atoms with Crippen LogP contribution in [0.15, 0.2) is 47.0 Å². The van der Waals surface area contributed by atoms with E-state index < -0.39 is 11.8 Å². The second-order valence-corrected chi connectivity index (χ2v) is 10.9. The Morgan fingerprint density at radius 3 is 2.29 bits per heavy atom. The summed E-state index contributed by atoms with van der Waals surface area (Å²) in [7, 11) is 1.97. The van der Waals surface area contributed by atoms with Crippen molar-refractivity contribution in [3.8, 4) is 11.3 Å². The summed E-state index contributed by atoms with van der Waals surface area (Å²) in [6, 6.07) is 12.4. The smallest absolute Gasteiger partial charge is 0.227 e. The minimum atomic E-state index is -1.45. The highest BCUT2D eigenvalue weighted by molar-refractivity contribution is 6.08. The number of aromatic nitrogens is 2. The molecule has 0 unspecified atom stereocenters. The molecule has 0 saturated carbocycles. The van der Waals surface area contributed by atoms with Gasteiger partial charge in [0.15, 0.2) is 11.8 Å². The lowest BCUT2D eigenvalue weighted by Gasteiger charge is -2.17. The molecule has 0 aliphatic rings. The van der Waals surface area contributed by atoms with Crippen LogP contribution in [-0.4, -0.2) is 4.98 Å². The molecular formula is C28H35N2O+. The number of benzene rings is 1. The normalized spacial score (nSPS) is 14.2. The third kappa shape index (κ3) is 4.51. The fraction of sp³-hybridized carbons (Fsp3) is 0.429. The van der Waals surface area contributed by atoms with Gasteiger partial charge in [0.2, 0.25) is 11.4 Å². The van der Waals surface area contributed by atoms with Crippen molar-refractivity contribution in [3.63, 3.8) is 0 Å². The van der Waals surface area contributed by atoms with Crippen LogP contribution in [0.1, 0.15) is 61.1 Å². The molecule has 0 aliphatic carbocycles. The molecule has 4 aromatic rings. The largest absolute Gasteiger partial charge is 0.437 e. The van der Waals surface area contributed by atoms with Gasteiger partial charge in [0.1, 0.15) is 7.05 Å². The summed E-state index contributed by atoms with van der Waals surface area (Å²) in [5, 5.41) is 2.07. The molecule has 0 bridgehead atoms. The van der Waals surface area contributed by atoms with Crippen LogP contribution in [0.25, 0.3) is 33.3 Å². The van der Waals surface area contributed by atoms with E-state index in [4.69, 9.17) is 12.1 Å². The van der Waals surface area contributed by atoms with E-state index in [9.17, 15) is 0 Å². The van der Waals surface area contributed by atoms with Gasteiger partial charge in [0.05, 0.1) is 5.56 Å². The lowest BCUT2D eigenvalue weighted by molar-refractivity contribution is -0.660. The van der Waals surface area contributed by atoms with Crippen LogP contribution in [-0.2, 0) is 19.8 Å². The molecule has 0 N–H and O–H groups in total. The Morgan fingerprint density at radius 2 is 1.65 bits per heavy atom. The maximum absolute atomic E-state index is 8.65. The van der Waals surface area contributed by atoms with E-state index in [1.165, 1.54) is 0 Å². The number of nitrogens with zero attached hydrogens (tertiary/aromatic N) is 2. The Balaban J connectivity index is 1.89. The molecule has 0 spiro atoms. The zero-order valence-corrected chi connectivity index (χ0v) is 20.1. The van der Waals surface area contributed by atoms with Crippen molar-refractivity contribution in [1.82, 2.24) is 4.98 Å². The van der Waals surface area contributed by atoms with Gasteiger partial charge >= 0.3 is 0 Å². The first-order valence-electron chi connectivity index (χ1n) is 12.0. The van der Waals surface area contributed by atoms with Gasteiger partial charge in [-0.25, -0.2) is 9.55 Å². The fourth-order valence-electron chi connectivity index (χ4n) is 4.19. The first kappa shape index (κ1) is 19.0. The van der Waals surface area contributed by atoms with E-state index >= 15 is 0 Å². The van der Waals surface area contributed by atoms with E-state index in [1.807, 2.05) is 50.7 Å². The Hall–Kier alpha value is -2.68. The molecular weight excluding hydrogens is 380 g/mol. The van der Waals surface area contributed by atoms with Gasteiger partial charge in [-0.15, -0.1) is 0 Å². The summed E-state index contributed by atoms with van der Waals surface area (Å²) in [6.45, 7) is 14.5. The summed E-state index contributed by atoms with van der Waals surface area (Å²) >= 11 is 0. The minimum Gasteiger partial charge on any atom is -0.437 e. The summed E-state index contributed by atoms with van der Waals surface area (Å²) in [6.07, 6.45) is 1.34. The summed E-state index contributed by atoms with van der Waals surface area (Å²) in [5.74, 6) is 0. The van der Waals surface area contributed by atoms with Gasteiger partial charge in [-0.05, 0) is 54.3 Å². The second kappa shape index (κ2) is 7.47. The lowest BCUT2D eigenvalue weighted by atomic mass is 9.88. The maximum Gasteiger partial charge on any atom is 0.227 e. The van der Waals surface area contributed by atoms with Crippen LogP contribution in [0.2, 0.25) is 0 Å². The molecule has 0 saturated heterocycles. The van der Waals surface area contributed by atoms with Crippen molar-refractivity contribution >= 4 is 22.1 Å². The maximum atomic E-state index is 8.65. The SMILES string of the molecule is [2H]C([2H])(c1ccc(-c2c(C)ccc3c2oc2nc(CC(C)(C)C)ccc23)[n+](C)c1)C(C)(C)C. The average Bonchev–Trinajstić information content (AvgIpc) is 3.03. The highest BCUT2D eigenvalue weighted by Crippen LogP contribution is 2.37. The lowest BCUT2D eigenvalue weighted by Crippen LogP contribution is -2.32. The molecule has 0 atom stereocenters. The summed E-state index contributed by atoms with van der Waals surface area (Å²) < 4.78 is 25.7. The number of furan rings is 1. The first-order chi connectivity index (χ1) is 15.2. The molecule has 0 radical (unpaired) electrons. The third-order valence-electron chi connectivity index (χ3n) is 5.39. The van der Waals surface area contributed by atoms with Gasteiger partial charge in [-0.3, -0.25) is 0 Å². The number of aryl methyl sites for hydroxylation is 2. The van der Waals surface area contributed by atoms with E-state index in [0.29, 0.717) is 11.3 Å². The van der Waals surface area contributed by atoms with Crippen molar-refractivity contribution in [1.29, 1.82) is 0 Å². The second-order valence-electron chi connectivity index (χ2n) is 10.9. The highest BCUT2D eigenvalue weighted by atomic mass is 16.3. The van der Waals surface area contributed by atoms with E-state index in [2.05, 4.69) is 52.0 Å². The molecule has 3 heteroatoms. The Labute approximate surface area is 188 Å². The van der Waals surface area contributed by atoms with Gasteiger partial charge in [-0.1, -0.05) is 53.7 Å². The van der Waals surface area contributed by atoms with Crippen molar-refractivity contribution < 1.29 is 11.7 Å². The monoisotopic (exact) mass is 417 g/mol. The number of fused-ring (bicyclic) bond motifs is 3. The Bertz CT molecular complexity index is 1350. The zero-order valence-electron chi connectivity index (χ0n) is 22.1. The topological polar surface area (TPSA) is 29.9 Å². The highest BCUT2D eigenvalue weighted by Gasteiger charge is 2.23. The standard InChI is InChI=1S/C28H35N2O/c1-18-9-12-21-22-13-11-20(16-28(5,6)7)29-26(22)31-25(21)24(18)23-14-10-19(17-30(23)8)15-27(2,3)4/h9-14,17H,15-16H2,1-8H3/q+1/i15D2. The van der Waals surface area contributed by atoms with Gasteiger partial charge in [0.25, 0.3) is 0 Å². The molecule has 1 aromatic carbocycles. The van der Waals surface area contributed by atoms with E-state index in [-0.39, 0.29) is 5.41 Å². The van der Waals surface area contributed by atoms with E-state index in [0.717, 1.165) is 45.3 Å². The third-order valence-corrected chi connectivity index (χ3v) is 5.39. The summed E-state index contributed by atoms with van der Waals surface area (Å²) in [5.41, 5.74) is 5.96. The molecule has 3 heterocycles. The van der Waals surface area contributed by atoms with Gasteiger partial charge < -0.3 is 4.42 Å². The Kier molecular flexibility index (Phi) is 4.59. The molecule has 0 fully saturated rings. The number of rotatable bonds is 3. The zero-order chi connectivity index (χ0) is 24.3. The van der Waals surface area contributed by atoms with Crippen LogP contribution < -0.4 is 4.57 Å². The van der Waals surface area contributed by atoms with Crippen molar-refractivity contribution in [3.05, 3.63) is 59.4 Å². The Morgan fingerprint density at radius 1 is 0.935 bits per heavy atom. The minimum absolute atomic E-state index is 0.155. The van der Waals surface area contributed by atoms with Crippen molar-refractivity contribution in [2.75, 3.05) is 0 Å². The van der Waals surface area contributed by atoms with Crippen molar-refractivity contribution in [2.24, 2.45) is 17.9 Å². The van der Waals surface area contributed by atoms with Crippen LogP contribution in [0, 0.1) is 17.8 Å². The number of hydrogen-bond donors (Lipinski definition) is 0. The van der Waals surface area contributed by atoms with E-state index in [1.54, 1.807) is 0 Å². The van der Waals surface area contributed by atoms with Crippen LogP contribution in [0.4, 0.5) is 0 Å². The molecule has 162 valence electrons. The number of pyridine rings is 2. The molecule has 3 aromatic heterocycles. The first-order valence-corrected chi connectivity index (χ1v) is 11.0. The van der Waals surface area contributed by atoms with Crippen LogP contribution >= 0.6 is 0 Å². The number of hydrogen-bond acceptors (Lipinski definition) is 2. The quantitative estimate of drug-likeness (QED) is 0.337.